The summed E-state index contributed by atoms with van der Waals surface area (Å²) >= 11 is 0. The third-order valence-corrected chi connectivity index (χ3v) is 4.83. The first kappa shape index (κ1) is 31.1. The van der Waals surface area contributed by atoms with Crippen LogP contribution in [0, 0.1) is 0 Å². The summed E-state index contributed by atoms with van der Waals surface area (Å²) in [5.41, 5.74) is -5.07. The quantitative estimate of drug-likeness (QED) is 0.340. The van der Waals surface area contributed by atoms with Gasteiger partial charge in [-0.1, -0.05) is 30.3 Å². The van der Waals surface area contributed by atoms with Crippen molar-refractivity contribution < 1.29 is 74.6 Å². The van der Waals surface area contributed by atoms with E-state index in [1.807, 2.05) is 0 Å². The lowest BCUT2D eigenvalue weighted by molar-refractivity contribution is -0.462. The fourth-order valence-corrected chi connectivity index (χ4v) is 2.68. The number of nitrogens with zero attached hydrogens (tertiary/aromatic N) is 1. The fraction of sp³-hybridized carbons (Fsp3) is 0.444. The Morgan fingerprint density at radius 3 is 1.37 bits per heavy atom. The Labute approximate surface area is 197 Å². The van der Waals surface area contributed by atoms with Gasteiger partial charge in [-0.2, -0.15) is 74.6 Å². The molecule has 3 nitrogen and oxygen atoms in total. The van der Waals surface area contributed by atoms with Crippen molar-refractivity contribution in [2.24, 2.45) is 0 Å². The summed E-state index contributed by atoms with van der Waals surface area (Å²) in [4.78, 5) is 15.9. The highest BCUT2D eigenvalue weighted by Crippen LogP contribution is 2.64. The SMILES string of the molecule is O=c1cc(C(F)(F)C(F)(F)C(F)(F)C(F)(F)C(F)(F)C(F)(F)C(F)(F)C(F)(F)F)nc(-c2ccccc2)[nH]1. The van der Waals surface area contributed by atoms with E-state index in [1.54, 1.807) is 4.98 Å². The van der Waals surface area contributed by atoms with Gasteiger partial charge in [0, 0.05) is 11.6 Å². The van der Waals surface area contributed by atoms with E-state index in [0.717, 1.165) is 24.3 Å². The fourth-order valence-electron chi connectivity index (χ4n) is 2.68. The summed E-state index contributed by atoms with van der Waals surface area (Å²) in [5, 5.41) is 0. The van der Waals surface area contributed by atoms with E-state index in [4.69, 9.17) is 0 Å². The third-order valence-electron chi connectivity index (χ3n) is 4.83. The molecule has 38 heavy (non-hydrogen) atoms. The van der Waals surface area contributed by atoms with Crippen molar-refractivity contribution in [2.75, 3.05) is 0 Å². The van der Waals surface area contributed by atoms with Crippen molar-refractivity contribution in [1.29, 1.82) is 0 Å². The molecular weight excluding hydrogens is 583 g/mol. The Morgan fingerprint density at radius 1 is 0.553 bits per heavy atom. The van der Waals surface area contributed by atoms with E-state index >= 15 is 0 Å². The van der Waals surface area contributed by atoms with Crippen LogP contribution in [0.5, 0.6) is 0 Å². The molecule has 2 aromatic rings. The molecule has 0 fully saturated rings. The lowest BCUT2D eigenvalue weighted by atomic mass is 9.88. The number of nitrogens with one attached hydrogen (secondary N) is 1. The predicted molar refractivity (Wildman–Crippen MR) is 89.9 cm³/mol. The molecule has 1 N–H and O–H groups in total. The Balaban J connectivity index is 2.71. The summed E-state index contributed by atoms with van der Waals surface area (Å²) in [6, 6.07) is 4.72. The Hall–Kier alpha value is -3.09. The molecule has 0 aliphatic heterocycles. The Kier molecular flexibility index (Phi) is 7.14. The van der Waals surface area contributed by atoms with E-state index in [1.165, 1.54) is 6.07 Å². The van der Waals surface area contributed by atoms with Crippen molar-refractivity contribution in [3.63, 3.8) is 0 Å². The summed E-state index contributed by atoms with van der Waals surface area (Å²) in [5.74, 6) is -58.8. The molecular formula is C18H7F17N2O. The zero-order valence-electron chi connectivity index (χ0n) is 17.2. The van der Waals surface area contributed by atoms with Crippen LogP contribution in [0.1, 0.15) is 5.69 Å². The maximum atomic E-state index is 14.4. The minimum absolute atomic E-state index is 0.400. The largest absolute Gasteiger partial charge is 0.460 e. The van der Waals surface area contributed by atoms with Crippen LogP contribution in [-0.2, 0) is 5.92 Å². The third kappa shape index (κ3) is 4.15. The molecule has 0 aliphatic carbocycles. The smallest absolute Gasteiger partial charge is 0.307 e. The topological polar surface area (TPSA) is 45.8 Å². The minimum Gasteiger partial charge on any atom is -0.307 e. The number of halogens is 17. The van der Waals surface area contributed by atoms with Gasteiger partial charge in [0.05, 0.1) is 0 Å². The lowest BCUT2D eigenvalue weighted by Gasteiger charge is -2.42. The van der Waals surface area contributed by atoms with Gasteiger partial charge >= 0.3 is 47.6 Å². The van der Waals surface area contributed by atoms with Crippen molar-refractivity contribution in [3.05, 3.63) is 52.4 Å². The van der Waals surface area contributed by atoms with Crippen molar-refractivity contribution in [1.82, 2.24) is 9.97 Å². The first-order valence-corrected chi connectivity index (χ1v) is 9.10. The molecule has 0 radical (unpaired) electrons. The van der Waals surface area contributed by atoms with Gasteiger partial charge in [-0.15, -0.1) is 0 Å². The van der Waals surface area contributed by atoms with E-state index in [0.29, 0.717) is 0 Å². The minimum atomic E-state index is -8.74. The number of hydrogen-bond acceptors (Lipinski definition) is 2. The van der Waals surface area contributed by atoms with Crippen LogP contribution in [0.4, 0.5) is 74.6 Å². The summed E-state index contributed by atoms with van der Waals surface area (Å²) < 4.78 is 228. The molecule has 0 atom stereocenters. The van der Waals surface area contributed by atoms with E-state index in [9.17, 15) is 79.4 Å². The molecule has 1 heterocycles. The summed E-state index contributed by atoms with van der Waals surface area (Å²) in [6.45, 7) is 0. The molecule has 1 aromatic carbocycles. The molecule has 2 rings (SSSR count). The summed E-state index contributed by atoms with van der Waals surface area (Å²) in [7, 11) is 0. The van der Waals surface area contributed by atoms with Gasteiger partial charge in [-0.25, -0.2) is 4.98 Å². The normalized spacial score (nSPS) is 15.1. The Bertz CT molecular complexity index is 1220. The second-order valence-corrected chi connectivity index (χ2v) is 7.36. The molecule has 0 bridgehead atoms. The van der Waals surface area contributed by atoms with Gasteiger partial charge in [-0.3, -0.25) is 4.79 Å². The van der Waals surface area contributed by atoms with Crippen molar-refractivity contribution in [2.45, 2.75) is 47.6 Å². The monoisotopic (exact) mass is 590 g/mol. The van der Waals surface area contributed by atoms with Gasteiger partial charge in [0.15, 0.2) is 0 Å². The van der Waals surface area contributed by atoms with Gasteiger partial charge in [-0.05, 0) is 0 Å². The molecule has 0 amide bonds. The van der Waals surface area contributed by atoms with Crippen LogP contribution in [0.3, 0.4) is 0 Å². The van der Waals surface area contributed by atoms with Crippen LogP contribution < -0.4 is 5.56 Å². The van der Waals surface area contributed by atoms with Gasteiger partial charge in [0.25, 0.3) is 5.56 Å². The van der Waals surface area contributed by atoms with E-state index in [-0.39, 0.29) is 0 Å². The van der Waals surface area contributed by atoms with Crippen molar-refractivity contribution >= 4 is 0 Å². The molecule has 0 saturated heterocycles. The molecule has 214 valence electrons. The van der Waals surface area contributed by atoms with Crippen LogP contribution in [0.15, 0.2) is 41.2 Å². The van der Waals surface area contributed by atoms with E-state index in [2.05, 4.69) is 4.98 Å². The first-order valence-electron chi connectivity index (χ1n) is 9.10. The highest BCUT2D eigenvalue weighted by Gasteiger charge is 2.95. The first-order chi connectivity index (χ1) is 16.7. The van der Waals surface area contributed by atoms with Gasteiger partial charge < -0.3 is 4.98 Å². The molecule has 0 saturated carbocycles. The predicted octanol–water partition coefficient (Wildman–Crippen LogP) is 6.90. The Morgan fingerprint density at radius 2 is 0.947 bits per heavy atom. The zero-order valence-corrected chi connectivity index (χ0v) is 17.2. The maximum Gasteiger partial charge on any atom is 0.460 e. The molecule has 20 heteroatoms. The van der Waals surface area contributed by atoms with Crippen LogP contribution in [-0.4, -0.2) is 51.7 Å². The molecule has 1 aromatic heterocycles. The number of rotatable bonds is 8. The number of hydrogen-bond donors (Lipinski definition) is 1. The number of benzene rings is 1. The number of aromatic amines is 1. The van der Waals surface area contributed by atoms with Gasteiger partial charge in [0.2, 0.25) is 0 Å². The number of H-pyrrole nitrogens is 1. The highest BCUT2D eigenvalue weighted by atomic mass is 19.4. The lowest BCUT2D eigenvalue weighted by Crippen LogP contribution is -2.74. The van der Waals surface area contributed by atoms with Crippen LogP contribution in [0.25, 0.3) is 11.4 Å². The average Bonchev–Trinajstić information content (AvgIpc) is 2.77. The maximum absolute atomic E-state index is 14.4. The standard InChI is InChI=1S/C18H7F17N2O/c19-11(20,8-6-9(38)37-10(36-8)7-4-2-1-3-5-7)12(21,22)13(23,24)14(25,26)15(27,28)16(29,30)17(31,32)18(33,34)35/h1-6H,(H,36,37,38). The van der Waals surface area contributed by atoms with E-state index < -0.39 is 76.3 Å². The summed E-state index contributed by atoms with van der Waals surface area (Å²) in [6.07, 6.45) is -7.83. The van der Waals surface area contributed by atoms with Gasteiger partial charge in [0.1, 0.15) is 11.5 Å². The highest BCUT2D eigenvalue weighted by molar-refractivity contribution is 5.54. The molecule has 0 aliphatic rings. The van der Waals surface area contributed by atoms with Crippen LogP contribution in [0.2, 0.25) is 0 Å². The second kappa shape index (κ2) is 8.72. The molecule has 0 unspecified atom stereocenters. The second-order valence-electron chi connectivity index (χ2n) is 7.36. The van der Waals surface area contributed by atoms with Crippen molar-refractivity contribution in [3.8, 4) is 11.4 Å². The number of aromatic nitrogens is 2. The molecule has 0 spiro atoms. The number of alkyl halides is 17. The van der Waals surface area contributed by atoms with Crippen LogP contribution >= 0.6 is 0 Å². The zero-order chi connectivity index (χ0) is 30.0. The average molecular weight is 590 g/mol.